The second kappa shape index (κ2) is 7.55. The Bertz CT molecular complexity index is 1360. The molecule has 11 heteroatoms. The number of rotatable bonds is 5. The molecule has 4 rings (SSSR count). The number of nitriles is 1. The molecule has 1 fully saturated rings. The lowest BCUT2D eigenvalue weighted by molar-refractivity contribution is -0.144. The van der Waals surface area contributed by atoms with Crippen molar-refractivity contribution >= 4 is 21.8 Å². The molecule has 0 spiro atoms. The summed E-state index contributed by atoms with van der Waals surface area (Å²) in [5.74, 6) is 0.423. The zero-order valence-corrected chi connectivity index (χ0v) is 18.5. The number of hydrogen-bond donors (Lipinski definition) is 0. The van der Waals surface area contributed by atoms with E-state index in [1.807, 2.05) is 0 Å². The predicted octanol–water partition coefficient (Wildman–Crippen LogP) is 3.52. The van der Waals surface area contributed by atoms with Crippen LogP contribution in [0.3, 0.4) is 0 Å². The van der Waals surface area contributed by atoms with Gasteiger partial charge in [0.25, 0.3) is 5.56 Å². The van der Waals surface area contributed by atoms with E-state index < -0.39 is 33.6 Å². The zero-order chi connectivity index (χ0) is 23.4. The van der Waals surface area contributed by atoms with E-state index in [4.69, 9.17) is 0 Å². The molecule has 1 aliphatic carbocycles. The maximum Gasteiger partial charge on any atom is 0.431 e. The number of hydrogen-bond acceptors (Lipinski definition) is 5. The van der Waals surface area contributed by atoms with E-state index in [9.17, 15) is 27.4 Å². The van der Waals surface area contributed by atoms with Gasteiger partial charge in [-0.05, 0) is 37.5 Å². The highest BCUT2D eigenvalue weighted by Gasteiger charge is 2.45. The molecule has 0 amide bonds. The minimum atomic E-state index is -4.72. The highest BCUT2D eigenvalue weighted by atomic mass is 32.2. The molecule has 0 aromatic carbocycles. The Morgan fingerprint density at radius 2 is 1.97 bits per heavy atom. The predicted molar refractivity (Wildman–Crippen MR) is 112 cm³/mol. The third-order valence-electron chi connectivity index (χ3n) is 5.83. The minimum absolute atomic E-state index is 0.00430. The highest BCUT2D eigenvalue weighted by Crippen LogP contribution is 2.48. The maximum atomic E-state index is 13.5. The number of imidazole rings is 1. The van der Waals surface area contributed by atoms with Gasteiger partial charge in [-0.1, -0.05) is 6.92 Å². The summed E-state index contributed by atoms with van der Waals surface area (Å²) < 4.78 is 55.4. The van der Waals surface area contributed by atoms with Gasteiger partial charge in [-0.3, -0.25) is 14.0 Å². The van der Waals surface area contributed by atoms with Crippen molar-refractivity contribution in [3.8, 4) is 17.6 Å². The van der Waals surface area contributed by atoms with Crippen LogP contribution in [0.25, 0.3) is 22.6 Å². The molecule has 32 heavy (non-hydrogen) atoms. The summed E-state index contributed by atoms with van der Waals surface area (Å²) in [4.78, 5) is 21.9. The van der Waals surface area contributed by atoms with E-state index in [1.54, 1.807) is 13.0 Å². The van der Waals surface area contributed by atoms with Crippen LogP contribution in [0, 0.1) is 11.3 Å². The molecule has 0 unspecified atom stereocenters. The fourth-order valence-corrected chi connectivity index (χ4v) is 4.80. The number of alkyl halides is 3. The summed E-state index contributed by atoms with van der Waals surface area (Å²) in [7, 11) is 0.0490. The van der Waals surface area contributed by atoms with Crippen molar-refractivity contribution < 1.29 is 17.4 Å². The minimum Gasteiger partial charge on any atom is -0.321 e. The number of pyridine rings is 2. The molecular formula is C21H20F3N5O2S. The Kier molecular flexibility index (Phi) is 5.24. The smallest absolute Gasteiger partial charge is 0.321 e. The topological polar surface area (TPSA) is 93.6 Å². The molecule has 0 bridgehead atoms. The first-order valence-electron chi connectivity index (χ1n) is 10.1. The first-order valence-corrected chi connectivity index (χ1v) is 11.4. The number of aryl methyl sites for hydroxylation is 1. The summed E-state index contributed by atoms with van der Waals surface area (Å²) >= 11 is 0. The van der Waals surface area contributed by atoms with Gasteiger partial charge in [0.05, 0.1) is 32.7 Å². The standard InChI is InChI=1S/C21H20F3N5O2S/c1-4-29-15(21(22,23)24)9-13-17(19(29)30)28(3)18(27-13)16-14(32(31)5-2)8-12(10-26-16)20(11-25)6-7-20/h8-10H,4-7H2,1-3H3/t32-/m0/s1. The van der Waals surface area contributed by atoms with Gasteiger partial charge in [0, 0.05) is 25.5 Å². The number of fused-ring (bicyclic) bond motifs is 1. The van der Waals surface area contributed by atoms with E-state index in [1.165, 1.54) is 24.7 Å². The van der Waals surface area contributed by atoms with Gasteiger partial charge >= 0.3 is 6.18 Å². The van der Waals surface area contributed by atoms with E-state index >= 15 is 0 Å². The second-order valence-electron chi connectivity index (χ2n) is 7.70. The fourth-order valence-electron chi connectivity index (χ4n) is 3.87. The van der Waals surface area contributed by atoms with Crippen molar-refractivity contribution in [1.82, 2.24) is 19.1 Å². The Labute approximate surface area is 184 Å². The van der Waals surface area contributed by atoms with E-state index in [0.29, 0.717) is 27.9 Å². The van der Waals surface area contributed by atoms with Crippen molar-refractivity contribution in [2.24, 2.45) is 7.05 Å². The lowest BCUT2D eigenvalue weighted by Gasteiger charge is -2.14. The summed E-state index contributed by atoms with van der Waals surface area (Å²) in [6.45, 7) is 3.04. The van der Waals surface area contributed by atoms with E-state index in [2.05, 4.69) is 16.0 Å². The molecule has 1 saturated carbocycles. The van der Waals surface area contributed by atoms with Crippen LogP contribution in [0.15, 0.2) is 28.0 Å². The molecular weight excluding hydrogens is 443 g/mol. The summed E-state index contributed by atoms with van der Waals surface area (Å²) in [6, 6.07) is 4.80. The highest BCUT2D eigenvalue weighted by molar-refractivity contribution is 7.85. The largest absolute Gasteiger partial charge is 0.431 e. The third kappa shape index (κ3) is 3.33. The Balaban J connectivity index is 1.99. The molecule has 0 saturated heterocycles. The van der Waals surface area contributed by atoms with Gasteiger partial charge in [0.1, 0.15) is 16.9 Å². The molecule has 0 aliphatic heterocycles. The van der Waals surface area contributed by atoms with Crippen molar-refractivity contribution in [3.05, 3.63) is 39.9 Å². The summed E-state index contributed by atoms with van der Waals surface area (Å²) in [6.07, 6.45) is -1.82. The Morgan fingerprint density at radius 1 is 1.28 bits per heavy atom. The number of nitrogens with zero attached hydrogens (tertiary/aromatic N) is 5. The molecule has 1 atom stereocenters. The third-order valence-corrected chi connectivity index (χ3v) is 7.16. The molecule has 3 aromatic heterocycles. The number of halogens is 3. The van der Waals surface area contributed by atoms with Crippen LogP contribution >= 0.6 is 0 Å². The molecule has 7 nitrogen and oxygen atoms in total. The molecule has 168 valence electrons. The Morgan fingerprint density at radius 3 is 2.50 bits per heavy atom. The molecule has 0 N–H and O–H groups in total. The van der Waals surface area contributed by atoms with Crippen LogP contribution in [-0.2, 0) is 36.0 Å². The van der Waals surface area contributed by atoms with Crippen molar-refractivity contribution in [3.63, 3.8) is 0 Å². The lowest BCUT2D eigenvalue weighted by atomic mass is 9.99. The summed E-state index contributed by atoms with van der Waals surface area (Å²) in [5.41, 5.74) is -1.75. The van der Waals surface area contributed by atoms with Crippen LogP contribution in [0.5, 0.6) is 0 Å². The van der Waals surface area contributed by atoms with Gasteiger partial charge in [0.2, 0.25) is 0 Å². The van der Waals surface area contributed by atoms with Crippen molar-refractivity contribution in [2.75, 3.05) is 5.75 Å². The quantitative estimate of drug-likeness (QED) is 0.577. The average molecular weight is 463 g/mol. The molecule has 3 aromatic rings. The van der Waals surface area contributed by atoms with Crippen LogP contribution in [0.1, 0.15) is 37.9 Å². The van der Waals surface area contributed by atoms with E-state index in [0.717, 1.165) is 6.07 Å². The zero-order valence-electron chi connectivity index (χ0n) is 17.7. The lowest BCUT2D eigenvalue weighted by Crippen LogP contribution is -2.28. The number of aromatic nitrogens is 4. The van der Waals surface area contributed by atoms with Crippen LogP contribution < -0.4 is 5.56 Å². The van der Waals surface area contributed by atoms with Crippen LogP contribution in [-0.4, -0.2) is 29.1 Å². The van der Waals surface area contributed by atoms with Crippen molar-refractivity contribution in [2.45, 2.75) is 49.7 Å². The first kappa shape index (κ1) is 22.2. The first-order chi connectivity index (χ1) is 15.1. The van der Waals surface area contributed by atoms with Gasteiger partial charge < -0.3 is 9.13 Å². The molecule has 1 aliphatic rings. The Hall–Kier alpha value is -3.00. The fraction of sp³-hybridized carbons (Fsp3) is 0.429. The van der Waals surface area contributed by atoms with Gasteiger partial charge in [-0.15, -0.1) is 0 Å². The summed E-state index contributed by atoms with van der Waals surface area (Å²) in [5, 5.41) is 9.49. The second-order valence-corrected chi connectivity index (χ2v) is 9.41. The van der Waals surface area contributed by atoms with Gasteiger partial charge in [-0.2, -0.15) is 18.4 Å². The maximum absolute atomic E-state index is 13.5. The monoisotopic (exact) mass is 463 g/mol. The van der Waals surface area contributed by atoms with Crippen LogP contribution in [0.2, 0.25) is 0 Å². The normalized spacial score (nSPS) is 16.2. The average Bonchev–Trinajstić information content (AvgIpc) is 3.49. The van der Waals surface area contributed by atoms with Crippen LogP contribution in [0.4, 0.5) is 13.2 Å². The van der Waals surface area contributed by atoms with Gasteiger partial charge in [0.15, 0.2) is 5.82 Å². The molecule has 3 heterocycles. The molecule has 0 radical (unpaired) electrons. The SMILES string of the molecule is CCn1c(C(F)(F)F)cc2nc(-c3ncc(C4(C#N)CC4)cc3[S@@](=O)CC)n(C)c2c1=O. The van der Waals surface area contributed by atoms with Gasteiger partial charge in [-0.25, -0.2) is 4.98 Å². The van der Waals surface area contributed by atoms with Crippen molar-refractivity contribution in [1.29, 1.82) is 5.26 Å². The van der Waals surface area contributed by atoms with E-state index in [-0.39, 0.29) is 34.8 Å².